The summed E-state index contributed by atoms with van der Waals surface area (Å²) in [6.45, 7) is 3.10. The second kappa shape index (κ2) is 5.22. The van der Waals surface area contributed by atoms with E-state index in [-0.39, 0.29) is 0 Å². The van der Waals surface area contributed by atoms with Gasteiger partial charge in [-0.1, -0.05) is 46.3 Å². The van der Waals surface area contributed by atoms with E-state index in [4.69, 9.17) is 0 Å². The number of anilines is 1. The van der Waals surface area contributed by atoms with Gasteiger partial charge in [-0.3, -0.25) is 0 Å². The summed E-state index contributed by atoms with van der Waals surface area (Å²) in [5.74, 6) is 0. The molecule has 1 N–H and O–H groups in total. The molecule has 0 unspecified atom stereocenters. The van der Waals surface area contributed by atoms with Crippen LogP contribution in [-0.4, -0.2) is 6.54 Å². The summed E-state index contributed by atoms with van der Waals surface area (Å²) in [4.78, 5) is 0. The molecule has 0 saturated heterocycles. The van der Waals surface area contributed by atoms with Crippen molar-refractivity contribution >= 4 is 27.2 Å². The van der Waals surface area contributed by atoms with E-state index in [1.165, 1.54) is 28.0 Å². The summed E-state index contributed by atoms with van der Waals surface area (Å²) < 4.78 is 1.13. The third-order valence-corrected chi connectivity index (χ3v) is 4.07. The van der Waals surface area contributed by atoms with Crippen molar-refractivity contribution in [3.8, 4) is 0 Å². The van der Waals surface area contributed by atoms with Gasteiger partial charge in [0.1, 0.15) is 0 Å². The molecular formula is C17H16BrN. The van der Waals surface area contributed by atoms with Crippen LogP contribution >= 0.6 is 15.9 Å². The molecule has 1 heterocycles. The highest BCUT2D eigenvalue weighted by Gasteiger charge is 2.14. The standard InChI is InChI=1S/C17H16BrN/c1-12-3-2-4-16-17(12)14(9-10-19-16)11-13-5-7-15(18)8-6-13/h2-9,19H,10-11H2,1H3. The van der Waals surface area contributed by atoms with Crippen molar-refractivity contribution in [1.82, 2.24) is 0 Å². The molecule has 2 heteroatoms. The lowest BCUT2D eigenvalue weighted by Gasteiger charge is -2.21. The normalized spacial score (nSPS) is 13.5. The van der Waals surface area contributed by atoms with Gasteiger partial charge in [-0.2, -0.15) is 0 Å². The molecule has 1 aliphatic heterocycles. The summed E-state index contributed by atoms with van der Waals surface area (Å²) in [5, 5.41) is 3.44. The van der Waals surface area contributed by atoms with E-state index in [0.29, 0.717) is 0 Å². The Hall–Kier alpha value is -1.54. The number of benzene rings is 2. The van der Waals surface area contributed by atoms with E-state index in [1.54, 1.807) is 0 Å². The van der Waals surface area contributed by atoms with Crippen LogP contribution in [0.3, 0.4) is 0 Å². The monoisotopic (exact) mass is 313 g/mol. The summed E-state index contributed by atoms with van der Waals surface area (Å²) in [5.41, 5.74) is 6.75. The molecule has 0 fully saturated rings. The van der Waals surface area contributed by atoms with Crippen LogP contribution in [0.4, 0.5) is 5.69 Å². The number of fused-ring (bicyclic) bond motifs is 1. The minimum absolute atomic E-state index is 0.919. The van der Waals surface area contributed by atoms with E-state index in [1.807, 2.05) is 0 Å². The Kier molecular flexibility index (Phi) is 3.43. The number of allylic oxidation sites excluding steroid dienone is 1. The second-order valence-corrected chi connectivity index (χ2v) is 5.83. The zero-order chi connectivity index (χ0) is 13.2. The molecule has 2 aromatic carbocycles. The lowest BCUT2D eigenvalue weighted by atomic mass is 9.91. The van der Waals surface area contributed by atoms with Crippen LogP contribution in [0.25, 0.3) is 5.57 Å². The Balaban J connectivity index is 1.94. The number of nitrogens with one attached hydrogen (secondary N) is 1. The van der Waals surface area contributed by atoms with E-state index >= 15 is 0 Å². The Morgan fingerprint density at radius 3 is 2.68 bits per heavy atom. The number of hydrogen-bond acceptors (Lipinski definition) is 1. The Morgan fingerprint density at radius 2 is 1.89 bits per heavy atom. The van der Waals surface area contributed by atoms with Crippen LogP contribution in [0, 0.1) is 6.92 Å². The topological polar surface area (TPSA) is 12.0 Å². The van der Waals surface area contributed by atoms with Crippen molar-refractivity contribution in [2.24, 2.45) is 0 Å². The lowest BCUT2D eigenvalue weighted by molar-refractivity contribution is 1.19. The fourth-order valence-corrected chi connectivity index (χ4v) is 2.87. The van der Waals surface area contributed by atoms with Gasteiger partial charge < -0.3 is 5.32 Å². The molecule has 0 saturated carbocycles. The molecule has 3 rings (SSSR count). The summed E-state index contributed by atoms with van der Waals surface area (Å²) in [7, 11) is 0. The molecule has 0 bridgehead atoms. The van der Waals surface area contributed by atoms with Gasteiger partial charge in [0.25, 0.3) is 0 Å². The average molecular weight is 314 g/mol. The number of aryl methyl sites for hydroxylation is 1. The summed E-state index contributed by atoms with van der Waals surface area (Å²) in [6, 6.07) is 15.0. The zero-order valence-corrected chi connectivity index (χ0v) is 12.5. The fourth-order valence-electron chi connectivity index (χ4n) is 2.61. The average Bonchev–Trinajstić information content (AvgIpc) is 2.42. The third kappa shape index (κ3) is 2.59. The van der Waals surface area contributed by atoms with Gasteiger partial charge in [-0.05, 0) is 48.2 Å². The van der Waals surface area contributed by atoms with Crippen LogP contribution in [0.15, 0.2) is 53.0 Å². The van der Waals surface area contributed by atoms with E-state index in [0.717, 1.165) is 17.4 Å². The van der Waals surface area contributed by atoms with Gasteiger partial charge in [-0.15, -0.1) is 0 Å². The van der Waals surface area contributed by atoms with Crippen molar-refractivity contribution in [2.45, 2.75) is 13.3 Å². The van der Waals surface area contributed by atoms with E-state index in [2.05, 4.69) is 76.7 Å². The maximum absolute atomic E-state index is 3.48. The van der Waals surface area contributed by atoms with Crippen LogP contribution < -0.4 is 5.32 Å². The van der Waals surface area contributed by atoms with Crippen molar-refractivity contribution < 1.29 is 0 Å². The minimum atomic E-state index is 0.919. The Morgan fingerprint density at radius 1 is 1.11 bits per heavy atom. The molecule has 0 aromatic heterocycles. The van der Waals surface area contributed by atoms with Gasteiger partial charge in [0, 0.05) is 22.3 Å². The first kappa shape index (κ1) is 12.5. The SMILES string of the molecule is Cc1cccc2c1C(Cc1ccc(Br)cc1)=CCN2. The predicted octanol–water partition coefficient (Wildman–Crippen LogP) is 4.81. The fraction of sp³-hybridized carbons (Fsp3) is 0.176. The maximum atomic E-state index is 3.48. The summed E-state index contributed by atoms with van der Waals surface area (Å²) in [6.07, 6.45) is 3.30. The second-order valence-electron chi connectivity index (χ2n) is 4.91. The first-order chi connectivity index (χ1) is 9.24. The molecular weight excluding hydrogens is 298 g/mol. The molecule has 0 amide bonds. The molecule has 2 aromatic rings. The van der Waals surface area contributed by atoms with Crippen molar-refractivity contribution in [1.29, 1.82) is 0 Å². The van der Waals surface area contributed by atoms with Crippen LogP contribution in [0.1, 0.15) is 16.7 Å². The van der Waals surface area contributed by atoms with Crippen LogP contribution in [0.5, 0.6) is 0 Å². The first-order valence-corrected chi connectivity index (χ1v) is 7.30. The van der Waals surface area contributed by atoms with E-state index in [9.17, 15) is 0 Å². The van der Waals surface area contributed by atoms with E-state index < -0.39 is 0 Å². The van der Waals surface area contributed by atoms with Crippen molar-refractivity contribution in [3.63, 3.8) is 0 Å². The largest absolute Gasteiger partial charge is 0.381 e. The molecule has 96 valence electrons. The smallest absolute Gasteiger partial charge is 0.0421 e. The molecule has 0 aliphatic carbocycles. The molecule has 1 aliphatic rings. The highest BCUT2D eigenvalue weighted by atomic mass is 79.9. The van der Waals surface area contributed by atoms with Crippen LogP contribution in [0.2, 0.25) is 0 Å². The quantitative estimate of drug-likeness (QED) is 0.839. The first-order valence-electron chi connectivity index (χ1n) is 6.51. The Bertz CT molecular complexity index is 626. The third-order valence-electron chi connectivity index (χ3n) is 3.54. The molecule has 0 atom stereocenters. The summed E-state index contributed by atoms with van der Waals surface area (Å²) >= 11 is 3.48. The predicted molar refractivity (Wildman–Crippen MR) is 85.5 cm³/mol. The highest BCUT2D eigenvalue weighted by molar-refractivity contribution is 9.10. The van der Waals surface area contributed by atoms with Crippen LogP contribution in [-0.2, 0) is 6.42 Å². The molecule has 1 nitrogen and oxygen atoms in total. The molecule has 0 spiro atoms. The lowest BCUT2D eigenvalue weighted by Crippen LogP contribution is -2.10. The zero-order valence-electron chi connectivity index (χ0n) is 10.9. The van der Waals surface area contributed by atoms with Gasteiger partial charge in [0.2, 0.25) is 0 Å². The van der Waals surface area contributed by atoms with Gasteiger partial charge in [0.05, 0.1) is 0 Å². The highest BCUT2D eigenvalue weighted by Crippen LogP contribution is 2.32. The van der Waals surface area contributed by atoms with Crippen molar-refractivity contribution in [3.05, 3.63) is 69.7 Å². The maximum Gasteiger partial charge on any atom is 0.0421 e. The minimum Gasteiger partial charge on any atom is -0.381 e. The number of hydrogen-bond donors (Lipinski definition) is 1. The van der Waals surface area contributed by atoms with Gasteiger partial charge in [0.15, 0.2) is 0 Å². The van der Waals surface area contributed by atoms with Gasteiger partial charge >= 0.3 is 0 Å². The van der Waals surface area contributed by atoms with Gasteiger partial charge in [-0.25, -0.2) is 0 Å². The molecule has 0 radical (unpaired) electrons. The van der Waals surface area contributed by atoms with Crippen molar-refractivity contribution in [2.75, 3.05) is 11.9 Å². The molecule has 19 heavy (non-hydrogen) atoms. The Labute approximate surface area is 122 Å². The number of halogens is 1. The number of rotatable bonds is 2.